The van der Waals surface area contributed by atoms with Crippen molar-refractivity contribution in [2.24, 2.45) is 0 Å². The number of para-hydroxylation sites is 1. The number of nitrogens with zero attached hydrogens (tertiary/aromatic N) is 2. The lowest BCUT2D eigenvalue weighted by atomic mass is 10.1. The van der Waals surface area contributed by atoms with Crippen LogP contribution in [-0.4, -0.2) is 42.2 Å². The molecule has 3 aromatic rings. The molecule has 8 nitrogen and oxygen atoms in total. The third-order valence-corrected chi connectivity index (χ3v) is 5.72. The number of anilines is 2. The molecule has 3 amide bonds. The molecule has 8 heteroatoms. The maximum Gasteiger partial charge on any atom is 0.315 e. The Hall–Kier alpha value is -3.91. The molecule has 4 rings (SSSR count). The molecule has 3 atom stereocenters. The van der Waals surface area contributed by atoms with Crippen molar-refractivity contribution in [3.05, 3.63) is 90.1 Å². The van der Waals surface area contributed by atoms with Gasteiger partial charge in [-0.05, 0) is 43.2 Å². The second-order valence-electron chi connectivity index (χ2n) is 8.71. The van der Waals surface area contributed by atoms with Crippen molar-refractivity contribution >= 4 is 23.4 Å². The number of ether oxygens (including phenoxy) is 1. The Bertz CT molecular complexity index is 1100. The first-order valence-corrected chi connectivity index (χ1v) is 11.8. The molecule has 3 N–H and O–H groups in total. The Balaban J connectivity index is 1.35. The van der Waals surface area contributed by atoms with E-state index in [1.807, 2.05) is 60.7 Å². The number of benzene rings is 2. The summed E-state index contributed by atoms with van der Waals surface area (Å²) in [7, 11) is 0. The molecule has 0 radical (unpaired) electrons. The van der Waals surface area contributed by atoms with E-state index in [0.717, 1.165) is 24.5 Å². The Kier molecular flexibility index (Phi) is 7.95. The molecule has 2 heterocycles. The second-order valence-corrected chi connectivity index (χ2v) is 8.71. The number of carbonyl (C=O) groups excluding carboxylic acids is 2. The largest absolute Gasteiger partial charge is 0.372 e. The minimum atomic E-state index is -0.845. The first kappa shape index (κ1) is 24.2. The number of morpholine rings is 1. The van der Waals surface area contributed by atoms with E-state index in [0.29, 0.717) is 11.3 Å². The van der Waals surface area contributed by atoms with Crippen molar-refractivity contribution in [3.8, 4) is 0 Å². The topological polar surface area (TPSA) is 95.6 Å². The minimum Gasteiger partial charge on any atom is -0.372 e. The van der Waals surface area contributed by atoms with Gasteiger partial charge in [-0.25, -0.2) is 9.78 Å². The van der Waals surface area contributed by atoms with Gasteiger partial charge in [-0.15, -0.1) is 0 Å². The van der Waals surface area contributed by atoms with Crippen molar-refractivity contribution in [2.45, 2.75) is 38.6 Å². The van der Waals surface area contributed by atoms with Gasteiger partial charge in [0.15, 0.2) is 0 Å². The van der Waals surface area contributed by atoms with Gasteiger partial charge in [-0.1, -0.05) is 54.6 Å². The maximum atomic E-state index is 13.0. The van der Waals surface area contributed by atoms with Crippen LogP contribution in [0.1, 0.15) is 31.0 Å². The van der Waals surface area contributed by atoms with Crippen LogP contribution < -0.4 is 20.9 Å². The molecule has 3 unspecified atom stereocenters. The van der Waals surface area contributed by atoms with E-state index in [1.54, 1.807) is 18.3 Å². The summed E-state index contributed by atoms with van der Waals surface area (Å²) in [5.74, 6) is 0.569. The molecule has 182 valence electrons. The van der Waals surface area contributed by atoms with Gasteiger partial charge in [0.2, 0.25) is 0 Å². The van der Waals surface area contributed by atoms with Crippen molar-refractivity contribution in [1.29, 1.82) is 0 Å². The number of amides is 3. The highest BCUT2D eigenvalue weighted by Crippen LogP contribution is 2.19. The maximum absolute atomic E-state index is 13.0. The zero-order chi connectivity index (χ0) is 24.6. The molecule has 0 saturated carbocycles. The van der Waals surface area contributed by atoms with E-state index in [1.165, 1.54) is 0 Å². The molecule has 0 aliphatic carbocycles. The highest BCUT2D eigenvalue weighted by Gasteiger charge is 2.24. The van der Waals surface area contributed by atoms with E-state index < -0.39 is 12.1 Å². The highest BCUT2D eigenvalue weighted by molar-refractivity contribution is 5.97. The van der Waals surface area contributed by atoms with Gasteiger partial charge in [0.05, 0.1) is 12.2 Å². The Morgan fingerprint density at radius 3 is 2.26 bits per heavy atom. The fourth-order valence-electron chi connectivity index (χ4n) is 4.12. The smallest absolute Gasteiger partial charge is 0.315 e. The van der Waals surface area contributed by atoms with Gasteiger partial charge in [0.1, 0.15) is 11.9 Å². The van der Waals surface area contributed by atoms with Crippen LogP contribution in [0.5, 0.6) is 0 Å². The van der Waals surface area contributed by atoms with Gasteiger partial charge in [0.25, 0.3) is 5.91 Å². The van der Waals surface area contributed by atoms with E-state index in [4.69, 9.17) is 4.74 Å². The van der Waals surface area contributed by atoms with Crippen LogP contribution >= 0.6 is 0 Å². The van der Waals surface area contributed by atoms with Crippen LogP contribution in [0.3, 0.4) is 0 Å². The van der Waals surface area contributed by atoms with E-state index >= 15 is 0 Å². The summed E-state index contributed by atoms with van der Waals surface area (Å²) in [6.07, 6.45) is 2.07. The Morgan fingerprint density at radius 2 is 1.63 bits per heavy atom. The molecule has 0 bridgehead atoms. The lowest BCUT2D eigenvalue weighted by Gasteiger charge is -2.36. The quantitative estimate of drug-likeness (QED) is 0.484. The van der Waals surface area contributed by atoms with Crippen LogP contribution in [0.2, 0.25) is 0 Å². The Labute approximate surface area is 205 Å². The number of hydrogen-bond donors (Lipinski definition) is 3. The predicted molar refractivity (Wildman–Crippen MR) is 136 cm³/mol. The average Bonchev–Trinajstić information content (AvgIpc) is 2.87. The first-order chi connectivity index (χ1) is 17.0. The van der Waals surface area contributed by atoms with Gasteiger partial charge in [0, 0.05) is 31.5 Å². The standard InChI is InChI=1S/C27H31N5O3/c1-19-17-32(18-20(2)35-19)24-14-13-21(15-28-24)16-29-27(34)31-25(22-9-5-3-6-10-22)26(33)30-23-11-7-4-8-12-23/h3-15,19-20,25H,16-18H2,1-2H3,(H,30,33)(H2,29,31,34). The summed E-state index contributed by atoms with van der Waals surface area (Å²) < 4.78 is 5.79. The van der Waals surface area contributed by atoms with Crippen LogP contribution in [0.4, 0.5) is 16.3 Å². The number of pyridine rings is 1. The summed E-state index contributed by atoms with van der Waals surface area (Å²) in [6.45, 7) is 5.99. The molecule has 1 saturated heterocycles. The molecule has 0 spiro atoms. The van der Waals surface area contributed by atoms with Crippen molar-refractivity contribution in [2.75, 3.05) is 23.3 Å². The van der Waals surface area contributed by atoms with Gasteiger partial charge < -0.3 is 25.6 Å². The molecule has 1 aromatic heterocycles. The van der Waals surface area contributed by atoms with Crippen LogP contribution in [-0.2, 0) is 16.1 Å². The van der Waals surface area contributed by atoms with Gasteiger partial charge >= 0.3 is 6.03 Å². The lowest BCUT2D eigenvalue weighted by Crippen LogP contribution is -2.45. The normalized spacial score (nSPS) is 18.4. The number of urea groups is 1. The van der Waals surface area contributed by atoms with Crippen LogP contribution in [0.25, 0.3) is 0 Å². The summed E-state index contributed by atoms with van der Waals surface area (Å²) in [5, 5.41) is 8.48. The zero-order valence-corrected chi connectivity index (χ0v) is 20.0. The lowest BCUT2D eigenvalue weighted by molar-refractivity contribution is -0.118. The third-order valence-electron chi connectivity index (χ3n) is 5.72. The predicted octanol–water partition coefficient (Wildman–Crippen LogP) is 3.87. The van der Waals surface area contributed by atoms with E-state index in [-0.39, 0.29) is 24.7 Å². The number of hydrogen-bond acceptors (Lipinski definition) is 5. The number of rotatable bonds is 7. The molecule has 35 heavy (non-hydrogen) atoms. The van der Waals surface area contributed by atoms with Crippen molar-refractivity contribution < 1.29 is 14.3 Å². The van der Waals surface area contributed by atoms with Crippen molar-refractivity contribution in [1.82, 2.24) is 15.6 Å². The summed E-state index contributed by atoms with van der Waals surface area (Å²) in [5.41, 5.74) is 2.22. The number of carbonyl (C=O) groups is 2. The molecule has 2 aromatic carbocycles. The molecular formula is C27H31N5O3. The highest BCUT2D eigenvalue weighted by atomic mass is 16.5. The zero-order valence-electron chi connectivity index (χ0n) is 20.0. The van der Waals surface area contributed by atoms with E-state index in [9.17, 15) is 9.59 Å². The van der Waals surface area contributed by atoms with Gasteiger partial charge in [-0.2, -0.15) is 0 Å². The fraction of sp³-hybridized carbons (Fsp3) is 0.296. The second kappa shape index (κ2) is 11.5. The number of aromatic nitrogens is 1. The molecule has 1 aliphatic rings. The summed E-state index contributed by atoms with van der Waals surface area (Å²) in [6, 6.07) is 20.9. The summed E-state index contributed by atoms with van der Waals surface area (Å²) >= 11 is 0. The van der Waals surface area contributed by atoms with Crippen molar-refractivity contribution in [3.63, 3.8) is 0 Å². The van der Waals surface area contributed by atoms with Crippen LogP contribution in [0, 0.1) is 0 Å². The minimum absolute atomic E-state index is 0.155. The summed E-state index contributed by atoms with van der Waals surface area (Å²) in [4.78, 5) is 32.5. The SMILES string of the molecule is CC1CN(c2ccc(CNC(=O)NC(C(=O)Nc3ccccc3)c3ccccc3)cn2)CC(C)O1. The molecular weight excluding hydrogens is 442 g/mol. The molecule has 1 fully saturated rings. The first-order valence-electron chi connectivity index (χ1n) is 11.8. The van der Waals surface area contributed by atoms with Crippen LogP contribution in [0.15, 0.2) is 79.0 Å². The molecule has 1 aliphatic heterocycles. The fourth-order valence-corrected chi connectivity index (χ4v) is 4.12. The Morgan fingerprint density at radius 1 is 0.971 bits per heavy atom. The third kappa shape index (κ3) is 6.80. The van der Waals surface area contributed by atoms with E-state index in [2.05, 4.69) is 39.7 Å². The average molecular weight is 474 g/mol. The van der Waals surface area contributed by atoms with Gasteiger partial charge in [-0.3, -0.25) is 4.79 Å². The monoisotopic (exact) mass is 473 g/mol. The number of nitrogens with one attached hydrogen (secondary N) is 3.